The number of nitrogens with one attached hydrogen (secondary N) is 1. The molecule has 0 aromatic carbocycles. The number of hydrogen-bond donors (Lipinski definition) is 2. The van der Waals surface area contributed by atoms with Crippen LogP contribution in [0.15, 0.2) is 12.3 Å². The Balaban J connectivity index is 1.51. The maximum Gasteiger partial charge on any atom is 0.238 e. The molecule has 0 atom stereocenters. The minimum Gasteiger partial charge on any atom is -0.479 e. The molecule has 2 aromatic rings. The zero-order valence-corrected chi connectivity index (χ0v) is 22.3. The number of ether oxygens (including phenoxy) is 3. The van der Waals surface area contributed by atoms with Gasteiger partial charge in [-0.3, -0.25) is 9.62 Å². The summed E-state index contributed by atoms with van der Waals surface area (Å²) in [6.45, 7) is 8.08. The predicted octanol–water partition coefficient (Wildman–Crippen LogP) is 1.62. The first-order valence-electron chi connectivity index (χ1n) is 12.3. The van der Waals surface area contributed by atoms with E-state index in [0.29, 0.717) is 50.1 Å². The number of piperidine rings is 1. The Morgan fingerprint density at radius 3 is 2.61 bits per heavy atom. The smallest absolute Gasteiger partial charge is 0.238 e. The Bertz CT molecular complexity index is 1150. The van der Waals surface area contributed by atoms with Gasteiger partial charge in [-0.05, 0) is 51.8 Å². The van der Waals surface area contributed by atoms with Gasteiger partial charge in [-0.2, -0.15) is 0 Å². The van der Waals surface area contributed by atoms with Crippen LogP contribution < -0.4 is 14.2 Å². The normalized spacial score (nSPS) is 17.9. The first-order chi connectivity index (χ1) is 17.0. The highest BCUT2D eigenvalue weighted by molar-refractivity contribution is 7.92. The van der Waals surface area contributed by atoms with Crippen molar-refractivity contribution in [2.75, 3.05) is 57.5 Å². The number of aliphatic hydroxyl groups is 1. The molecule has 0 amide bonds. The molecule has 12 heteroatoms. The third-order valence-electron chi connectivity index (χ3n) is 6.84. The van der Waals surface area contributed by atoms with Gasteiger partial charge < -0.3 is 19.3 Å². The van der Waals surface area contributed by atoms with Crippen molar-refractivity contribution >= 4 is 15.7 Å². The molecule has 11 nitrogen and oxygen atoms in total. The monoisotopic (exact) mass is 523 g/mol. The molecule has 1 fully saturated rings. The fourth-order valence-electron chi connectivity index (χ4n) is 4.87. The lowest BCUT2D eigenvalue weighted by atomic mass is 9.83. The molecule has 2 N–H and O–H groups in total. The van der Waals surface area contributed by atoms with Crippen molar-refractivity contribution in [3.63, 3.8) is 0 Å². The van der Waals surface area contributed by atoms with Crippen LogP contribution in [0.1, 0.15) is 37.9 Å². The van der Waals surface area contributed by atoms with Gasteiger partial charge in [0.05, 0.1) is 49.8 Å². The molecule has 4 heterocycles. The predicted molar refractivity (Wildman–Crippen MR) is 136 cm³/mol. The zero-order valence-electron chi connectivity index (χ0n) is 21.5. The van der Waals surface area contributed by atoms with Crippen LogP contribution in [-0.2, 0) is 27.6 Å². The average molecular weight is 524 g/mol. The lowest BCUT2D eigenvalue weighted by Gasteiger charge is -2.37. The Morgan fingerprint density at radius 1 is 1.22 bits per heavy atom. The van der Waals surface area contributed by atoms with Crippen molar-refractivity contribution < 1.29 is 27.7 Å². The largest absolute Gasteiger partial charge is 0.479 e. The van der Waals surface area contributed by atoms with Gasteiger partial charge in [0.2, 0.25) is 21.8 Å². The van der Waals surface area contributed by atoms with Crippen LogP contribution in [0.4, 0.5) is 5.69 Å². The number of nitrogens with zero attached hydrogens (tertiary/aromatic N) is 4. The summed E-state index contributed by atoms with van der Waals surface area (Å²) in [7, 11) is -2.09. The van der Waals surface area contributed by atoms with E-state index in [1.165, 1.54) is 7.11 Å². The van der Waals surface area contributed by atoms with Gasteiger partial charge in [-0.25, -0.2) is 18.1 Å². The molecule has 4 rings (SSSR count). The van der Waals surface area contributed by atoms with Crippen molar-refractivity contribution in [1.82, 2.24) is 19.7 Å². The Kier molecular flexibility index (Phi) is 8.08. The summed E-state index contributed by atoms with van der Waals surface area (Å²) in [6, 6.07) is 1.66. The molecule has 2 aliphatic rings. The molecular weight excluding hydrogens is 486 g/mol. The van der Waals surface area contributed by atoms with Crippen molar-refractivity contribution in [3.8, 4) is 17.4 Å². The molecule has 0 spiro atoms. The molecule has 1 saturated heterocycles. The standard InChI is InChI=1S/C24H37N5O6S/c1-24(2,30)17-5-9-28(10-6-17)11-14-35-22-19-7-12-34-13-8-21(19)29(26-22)18-15-20(27-36(4,31)32)23(33-3)25-16-18/h15-17,27,30H,5-14H2,1-4H3. The molecule has 0 radical (unpaired) electrons. The van der Waals surface area contributed by atoms with E-state index in [2.05, 4.69) is 14.6 Å². The van der Waals surface area contributed by atoms with Gasteiger partial charge in [0.15, 0.2) is 0 Å². The Hall–Kier alpha value is -2.41. The number of likely N-dealkylation sites (tertiary alicyclic amines) is 1. The van der Waals surface area contributed by atoms with Gasteiger partial charge in [-0.15, -0.1) is 5.10 Å². The second-order valence-electron chi connectivity index (χ2n) is 10.00. The molecular formula is C24H37N5O6S. The van der Waals surface area contributed by atoms with Crippen molar-refractivity contribution in [3.05, 3.63) is 23.5 Å². The number of sulfonamides is 1. The van der Waals surface area contributed by atoms with E-state index in [-0.39, 0.29) is 11.6 Å². The number of methoxy groups -OCH3 is 1. The molecule has 0 saturated carbocycles. The first-order valence-corrected chi connectivity index (χ1v) is 14.2. The van der Waals surface area contributed by atoms with E-state index < -0.39 is 15.6 Å². The third kappa shape index (κ3) is 6.47. The molecule has 0 aliphatic carbocycles. The zero-order chi connectivity index (χ0) is 25.9. The fourth-order valence-corrected chi connectivity index (χ4v) is 5.42. The Labute approximate surface area is 212 Å². The molecule has 200 valence electrons. The molecule has 0 unspecified atom stereocenters. The van der Waals surface area contributed by atoms with Gasteiger partial charge in [0.25, 0.3) is 0 Å². The second-order valence-corrected chi connectivity index (χ2v) is 11.7. The van der Waals surface area contributed by atoms with E-state index in [1.54, 1.807) is 16.9 Å². The summed E-state index contributed by atoms with van der Waals surface area (Å²) < 4.78 is 45.0. The number of aromatic nitrogens is 3. The SMILES string of the molecule is COc1ncc(-n2nc(OCCN3CCC(C(C)(C)O)CC3)c3c2CCOCC3)cc1NS(C)(=O)=O. The maximum absolute atomic E-state index is 11.8. The lowest BCUT2D eigenvalue weighted by Crippen LogP contribution is -2.43. The maximum atomic E-state index is 11.8. The van der Waals surface area contributed by atoms with E-state index in [0.717, 1.165) is 50.0 Å². The van der Waals surface area contributed by atoms with Crippen LogP contribution in [0.3, 0.4) is 0 Å². The minimum absolute atomic E-state index is 0.176. The van der Waals surface area contributed by atoms with Crippen molar-refractivity contribution in [2.45, 2.75) is 45.1 Å². The summed E-state index contributed by atoms with van der Waals surface area (Å²) in [5, 5.41) is 15.0. The fraction of sp³-hybridized carbons (Fsp3) is 0.667. The second kappa shape index (κ2) is 10.9. The van der Waals surface area contributed by atoms with Crippen molar-refractivity contribution in [2.24, 2.45) is 5.92 Å². The topological polar surface area (TPSA) is 128 Å². The molecule has 2 aliphatic heterocycles. The Morgan fingerprint density at radius 2 is 1.94 bits per heavy atom. The van der Waals surface area contributed by atoms with E-state index in [4.69, 9.17) is 19.3 Å². The van der Waals surface area contributed by atoms with E-state index in [9.17, 15) is 13.5 Å². The van der Waals surface area contributed by atoms with Crippen LogP contribution in [-0.4, -0.2) is 91.6 Å². The summed E-state index contributed by atoms with van der Waals surface area (Å²) in [4.78, 5) is 6.64. The van der Waals surface area contributed by atoms with Gasteiger partial charge in [-0.1, -0.05) is 0 Å². The molecule has 2 aromatic heterocycles. The summed E-state index contributed by atoms with van der Waals surface area (Å²) in [6.07, 6.45) is 5.95. The first kappa shape index (κ1) is 26.6. The van der Waals surface area contributed by atoms with E-state index >= 15 is 0 Å². The third-order valence-corrected chi connectivity index (χ3v) is 7.43. The molecule has 36 heavy (non-hydrogen) atoms. The van der Waals surface area contributed by atoms with Crippen molar-refractivity contribution in [1.29, 1.82) is 0 Å². The number of fused-ring (bicyclic) bond motifs is 1. The number of pyridine rings is 1. The summed E-state index contributed by atoms with van der Waals surface area (Å²) >= 11 is 0. The average Bonchev–Trinajstić information content (AvgIpc) is 2.98. The lowest BCUT2D eigenvalue weighted by molar-refractivity contribution is -0.0138. The number of rotatable bonds is 9. The number of anilines is 1. The minimum atomic E-state index is -3.52. The van der Waals surface area contributed by atoms with Crippen LogP contribution in [0.25, 0.3) is 5.69 Å². The highest BCUT2D eigenvalue weighted by Gasteiger charge is 2.30. The quantitative estimate of drug-likeness (QED) is 0.504. The van der Waals surface area contributed by atoms with Crippen LogP contribution >= 0.6 is 0 Å². The van der Waals surface area contributed by atoms with Crippen LogP contribution in [0, 0.1) is 5.92 Å². The van der Waals surface area contributed by atoms with E-state index in [1.807, 2.05) is 13.8 Å². The highest BCUT2D eigenvalue weighted by Crippen LogP contribution is 2.31. The number of hydrogen-bond acceptors (Lipinski definition) is 9. The van der Waals surface area contributed by atoms with Gasteiger partial charge in [0.1, 0.15) is 12.3 Å². The van der Waals surface area contributed by atoms with Crippen LogP contribution in [0.2, 0.25) is 0 Å². The highest BCUT2D eigenvalue weighted by atomic mass is 32.2. The molecule has 0 bridgehead atoms. The van der Waals surface area contributed by atoms with Crippen LogP contribution in [0.5, 0.6) is 11.8 Å². The summed E-state index contributed by atoms with van der Waals surface area (Å²) in [5.41, 5.74) is 2.17. The van der Waals surface area contributed by atoms with Gasteiger partial charge >= 0.3 is 0 Å². The van der Waals surface area contributed by atoms with Gasteiger partial charge in [0, 0.05) is 24.9 Å². The summed E-state index contributed by atoms with van der Waals surface area (Å²) in [5.74, 6) is 1.06.